The molecule has 3 heteroatoms. The highest BCUT2D eigenvalue weighted by Gasteiger charge is 2.13. The van der Waals surface area contributed by atoms with E-state index in [1.54, 1.807) is 12.5 Å². The normalized spacial score (nSPS) is 11.7. The van der Waals surface area contributed by atoms with Gasteiger partial charge in [0, 0.05) is 0 Å². The second-order valence-electron chi connectivity index (χ2n) is 4.21. The van der Waals surface area contributed by atoms with Gasteiger partial charge in [-0.25, -0.2) is 9.97 Å². The summed E-state index contributed by atoms with van der Waals surface area (Å²) in [6, 6.07) is 6.13. The van der Waals surface area contributed by atoms with Crippen LogP contribution in [0.2, 0.25) is 0 Å². The van der Waals surface area contributed by atoms with Crippen LogP contribution in [0.3, 0.4) is 0 Å². The van der Waals surface area contributed by atoms with Gasteiger partial charge in [-0.2, -0.15) is 0 Å². The van der Waals surface area contributed by atoms with Gasteiger partial charge in [0.25, 0.3) is 0 Å². The Labute approximate surface area is 93.1 Å². The topological polar surface area (TPSA) is 38.9 Å². The van der Waals surface area contributed by atoms with Gasteiger partial charge in [0.15, 0.2) is 5.58 Å². The second kappa shape index (κ2) is 3.30. The Morgan fingerprint density at radius 1 is 1.19 bits per heavy atom. The molecule has 2 aromatic heterocycles. The lowest BCUT2D eigenvalue weighted by molar-refractivity contribution is 0.665. The summed E-state index contributed by atoms with van der Waals surface area (Å²) in [6.45, 7) is 4.35. The lowest BCUT2D eigenvalue weighted by Gasteiger charge is -2.05. The van der Waals surface area contributed by atoms with Crippen LogP contribution in [0.25, 0.3) is 22.1 Å². The van der Waals surface area contributed by atoms with Crippen LogP contribution < -0.4 is 0 Å². The molecule has 0 saturated heterocycles. The molecular formula is C13H12N2O. The Bertz CT molecular complexity index is 655. The number of furan rings is 1. The van der Waals surface area contributed by atoms with Crippen LogP contribution in [0.4, 0.5) is 0 Å². The molecule has 0 N–H and O–H groups in total. The van der Waals surface area contributed by atoms with Gasteiger partial charge in [-0.1, -0.05) is 26.0 Å². The van der Waals surface area contributed by atoms with Gasteiger partial charge in [-0.05, 0) is 17.5 Å². The first-order valence-electron chi connectivity index (χ1n) is 5.38. The summed E-state index contributed by atoms with van der Waals surface area (Å²) in [7, 11) is 0. The zero-order valence-electron chi connectivity index (χ0n) is 9.27. The molecule has 0 fully saturated rings. The third kappa shape index (κ3) is 1.21. The van der Waals surface area contributed by atoms with Gasteiger partial charge in [-0.15, -0.1) is 0 Å². The van der Waals surface area contributed by atoms with Gasteiger partial charge < -0.3 is 4.42 Å². The van der Waals surface area contributed by atoms with E-state index in [-0.39, 0.29) is 0 Å². The average molecular weight is 212 g/mol. The van der Waals surface area contributed by atoms with E-state index in [1.807, 2.05) is 12.1 Å². The summed E-state index contributed by atoms with van der Waals surface area (Å²) in [6.07, 6.45) is 3.28. The molecule has 3 rings (SSSR count). The SMILES string of the molecule is CC(C)c1cccc2oc3cncnc3c12. The molecule has 80 valence electrons. The van der Waals surface area contributed by atoms with Gasteiger partial charge >= 0.3 is 0 Å². The van der Waals surface area contributed by atoms with Crippen molar-refractivity contribution in [3.8, 4) is 0 Å². The maximum atomic E-state index is 5.72. The zero-order chi connectivity index (χ0) is 11.1. The summed E-state index contributed by atoms with van der Waals surface area (Å²) in [4.78, 5) is 8.29. The van der Waals surface area contributed by atoms with Crippen molar-refractivity contribution in [2.45, 2.75) is 19.8 Å². The fraction of sp³-hybridized carbons (Fsp3) is 0.231. The molecule has 0 aliphatic heterocycles. The van der Waals surface area contributed by atoms with Crippen LogP contribution in [-0.4, -0.2) is 9.97 Å². The zero-order valence-corrected chi connectivity index (χ0v) is 9.27. The van der Waals surface area contributed by atoms with E-state index in [4.69, 9.17) is 4.42 Å². The smallest absolute Gasteiger partial charge is 0.172 e. The molecule has 0 amide bonds. The third-order valence-electron chi connectivity index (χ3n) is 2.82. The van der Waals surface area contributed by atoms with E-state index < -0.39 is 0 Å². The van der Waals surface area contributed by atoms with Gasteiger partial charge in [0.1, 0.15) is 17.4 Å². The molecule has 0 unspecified atom stereocenters. The summed E-state index contributed by atoms with van der Waals surface area (Å²) >= 11 is 0. The second-order valence-corrected chi connectivity index (χ2v) is 4.21. The Kier molecular flexibility index (Phi) is 1.93. The first-order chi connectivity index (χ1) is 7.77. The average Bonchev–Trinajstić information content (AvgIpc) is 2.66. The van der Waals surface area contributed by atoms with E-state index >= 15 is 0 Å². The predicted octanol–water partition coefficient (Wildman–Crippen LogP) is 3.50. The molecule has 0 atom stereocenters. The van der Waals surface area contributed by atoms with Crippen LogP contribution >= 0.6 is 0 Å². The lowest BCUT2D eigenvalue weighted by atomic mass is 9.99. The quantitative estimate of drug-likeness (QED) is 0.619. The van der Waals surface area contributed by atoms with Crippen LogP contribution in [0, 0.1) is 0 Å². The predicted molar refractivity (Wildman–Crippen MR) is 63.4 cm³/mol. The third-order valence-corrected chi connectivity index (χ3v) is 2.82. The minimum Gasteiger partial charge on any atom is -0.453 e. The minimum absolute atomic E-state index is 0.458. The fourth-order valence-electron chi connectivity index (χ4n) is 2.07. The molecular weight excluding hydrogens is 200 g/mol. The Hall–Kier alpha value is -1.90. The summed E-state index contributed by atoms with van der Waals surface area (Å²) in [5.41, 5.74) is 3.83. The molecule has 0 radical (unpaired) electrons. The van der Waals surface area contributed by atoms with Crippen molar-refractivity contribution in [2.24, 2.45) is 0 Å². The van der Waals surface area contributed by atoms with Crippen molar-refractivity contribution < 1.29 is 4.42 Å². The highest BCUT2D eigenvalue weighted by atomic mass is 16.3. The molecule has 0 saturated carbocycles. The van der Waals surface area contributed by atoms with Crippen molar-refractivity contribution in [3.05, 3.63) is 36.3 Å². The molecule has 16 heavy (non-hydrogen) atoms. The van der Waals surface area contributed by atoms with Gasteiger partial charge in [-0.3, -0.25) is 0 Å². The minimum atomic E-state index is 0.458. The molecule has 3 nitrogen and oxygen atoms in total. The van der Waals surface area contributed by atoms with Crippen molar-refractivity contribution in [3.63, 3.8) is 0 Å². The van der Waals surface area contributed by atoms with Crippen LogP contribution in [0.15, 0.2) is 35.1 Å². The largest absolute Gasteiger partial charge is 0.453 e. The summed E-state index contributed by atoms with van der Waals surface area (Å²) < 4.78 is 5.72. The van der Waals surface area contributed by atoms with Crippen molar-refractivity contribution in [1.29, 1.82) is 0 Å². The number of rotatable bonds is 1. The molecule has 0 aliphatic rings. The standard InChI is InChI=1S/C13H12N2O/c1-8(2)9-4-3-5-10-12(9)13-11(16-10)6-14-7-15-13/h3-8H,1-2H3. The van der Waals surface area contributed by atoms with E-state index in [2.05, 4.69) is 29.9 Å². The fourth-order valence-corrected chi connectivity index (χ4v) is 2.07. The first-order valence-corrected chi connectivity index (χ1v) is 5.38. The molecule has 0 spiro atoms. The summed E-state index contributed by atoms with van der Waals surface area (Å²) in [5, 5.41) is 1.12. The van der Waals surface area contributed by atoms with Crippen molar-refractivity contribution >= 4 is 22.1 Å². The molecule has 3 aromatic rings. The molecule has 0 bridgehead atoms. The van der Waals surface area contributed by atoms with E-state index in [1.165, 1.54) is 5.56 Å². The number of fused-ring (bicyclic) bond motifs is 3. The number of nitrogens with zero attached hydrogens (tertiary/aromatic N) is 2. The molecule has 0 aliphatic carbocycles. The highest BCUT2D eigenvalue weighted by molar-refractivity contribution is 6.04. The van der Waals surface area contributed by atoms with E-state index in [9.17, 15) is 0 Å². The Morgan fingerprint density at radius 2 is 2.06 bits per heavy atom. The van der Waals surface area contributed by atoms with Crippen molar-refractivity contribution in [1.82, 2.24) is 9.97 Å². The monoisotopic (exact) mass is 212 g/mol. The van der Waals surface area contributed by atoms with E-state index in [0.29, 0.717) is 5.92 Å². The number of benzene rings is 1. The van der Waals surface area contributed by atoms with Crippen molar-refractivity contribution in [2.75, 3.05) is 0 Å². The number of hydrogen-bond donors (Lipinski definition) is 0. The van der Waals surface area contributed by atoms with Crippen LogP contribution in [-0.2, 0) is 0 Å². The molecule has 1 aromatic carbocycles. The number of aromatic nitrogens is 2. The van der Waals surface area contributed by atoms with Crippen LogP contribution in [0.5, 0.6) is 0 Å². The summed E-state index contributed by atoms with van der Waals surface area (Å²) in [5.74, 6) is 0.458. The first kappa shape index (κ1) is 9.33. The lowest BCUT2D eigenvalue weighted by Crippen LogP contribution is -1.88. The maximum Gasteiger partial charge on any atom is 0.172 e. The van der Waals surface area contributed by atoms with Gasteiger partial charge in [0.05, 0.1) is 11.6 Å². The van der Waals surface area contributed by atoms with Gasteiger partial charge in [0.2, 0.25) is 0 Å². The Balaban J connectivity index is 2.53. The number of hydrogen-bond acceptors (Lipinski definition) is 3. The van der Waals surface area contributed by atoms with Crippen LogP contribution in [0.1, 0.15) is 25.3 Å². The molecule has 2 heterocycles. The van der Waals surface area contributed by atoms with E-state index in [0.717, 1.165) is 22.1 Å². The Morgan fingerprint density at radius 3 is 2.88 bits per heavy atom. The maximum absolute atomic E-state index is 5.72. The highest BCUT2D eigenvalue weighted by Crippen LogP contribution is 2.32.